The predicted octanol–water partition coefficient (Wildman–Crippen LogP) is 4.06. The molecular weight excluding hydrogens is 306 g/mol. The number of hydrogen-bond donors (Lipinski definition) is 1. The van der Waals surface area contributed by atoms with E-state index in [1.54, 1.807) is 0 Å². The van der Waals surface area contributed by atoms with Crippen LogP contribution in [0.15, 0.2) is 58.1 Å². The van der Waals surface area contributed by atoms with E-state index in [-0.39, 0.29) is 6.42 Å². The molecule has 124 valence electrons. The van der Waals surface area contributed by atoms with E-state index in [4.69, 9.17) is 14.4 Å². The molecule has 3 aromatic rings. The molecule has 0 fully saturated rings. The quantitative estimate of drug-likeness (QED) is 0.404. The number of nitrogens with zero attached hydrogens (tertiary/aromatic N) is 1. The topological polar surface area (TPSA) is 72.0 Å². The molecule has 2 aromatic carbocycles. The molecule has 3 rings (SSSR count). The van der Waals surface area contributed by atoms with Crippen molar-refractivity contribution in [3.8, 4) is 0 Å². The zero-order chi connectivity index (χ0) is 16.8. The minimum atomic E-state index is -0.758. The minimum absolute atomic E-state index is 0.201. The largest absolute Gasteiger partial charge is 0.481 e. The smallest absolute Gasteiger partial charge is 0.303 e. The first kappa shape index (κ1) is 16.1. The Hall–Kier alpha value is -2.82. The summed E-state index contributed by atoms with van der Waals surface area (Å²) in [6.45, 7) is 0.467. The van der Waals surface area contributed by atoms with Gasteiger partial charge in [-0.05, 0) is 43.5 Å². The van der Waals surface area contributed by atoms with Crippen molar-refractivity contribution in [2.24, 2.45) is 5.16 Å². The Balaban J connectivity index is 1.80. The lowest BCUT2D eigenvalue weighted by molar-refractivity contribution is -0.137. The van der Waals surface area contributed by atoms with Gasteiger partial charge in [0.1, 0.15) is 23.1 Å². The van der Waals surface area contributed by atoms with Crippen LogP contribution in [0.3, 0.4) is 0 Å². The zero-order valence-electron chi connectivity index (χ0n) is 13.3. The van der Waals surface area contributed by atoms with Crippen molar-refractivity contribution in [1.29, 1.82) is 0 Å². The summed E-state index contributed by atoms with van der Waals surface area (Å²) in [6, 6.07) is 15.5. The molecule has 0 unspecified atom stereocenters. The van der Waals surface area contributed by atoms with Crippen molar-refractivity contribution in [3.05, 3.63) is 53.9 Å². The molecule has 24 heavy (non-hydrogen) atoms. The normalized spacial score (nSPS) is 10.8. The number of aliphatic carboxylic acids is 1. The molecule has 0 aliphatic rings. The zero-order valence-corrected chi connectivity index (χ0v) is 13.3. The van der Waals surface area contributed by atoms with Crippen LogP contribution >= 0.6 is 0 Å². The fourth-order valence-corrected chi connectivity index (χ4v) is 2.59. The summed E-state index contributed by atoms with van der Waals surface area (Å²) in [5.74, 6) is -0.758. The summed E-state index contributed by atoms with van der Waals surface area (Å²) in [5.41, 5.74) is 1.53. The number of hydrogen-bond acceptors (Lipinski definition) is 4. The standard InChI is InChI=1S/C19H19NO4/c21-18(22)12-2-1-7-13-23-20-19-14-8-3-5-10-16(14)24-17-11-6-4-9-15(17)19/h3-6,8-11H,1-2,7,12-13H2,(H,21,22). The van der Waals surface area contributed by atoms with Gasteiger partial charge in [0.15, 0.2) is 0 Å². The number of unbranched alkanes of at least 4 members (excludes halogenated alkanes) is 2. The maximum Gasteiger partial charge on any atom is 0.303 e. The first-order valence-corrected chi connectivity index (χ1v) is 8.04. The second-order valence-corrected chi connectivity index (χ2v) is 5.57. The number of carbonyl (C=O) groups is 1. The van der Waals surface area contributed by atoms with Crippen molar-refractivity contribution in [1.82, 2.24) is 0 Å². The molecule has 0 saturated carbocycles. The molecule has 5 nitrogen and oxygen atoms in total. The van der Waals surface area contributed by atoms with E-state index in [9.17, 15) is 4.79 Å². The van der Waals surface area contributed by atoms with Crippen molar-refractivity contribution in [2.75, 3.05) is 6.61 Å². The van der Waals surface area contributed by atoms with Crippen molar-refractivity contribution < 1.29 is 19.2 Å². The van der Waals surface area contributed by atoms with E-state index in [1.807, 2.05) is 48.5 Å². The maximum atomic E-state index is 10.5. The lowest BCUT2D eigenvalue weighted by Gasteiger charge is -2.04. The van der Waals surface area contributed by atoms with Crippen LogP contribution in [0.1, 0.15) is 25.7 Å². The fraction of sp³-hybridized carbons (Fsp3) is 0.263. The summed E-state index contributed by atoms with van der Waals surface area (Å²) in [4.78, 5) is 15.9. The average Bonchev–Trinajstić information content (AvgIpc) is 2.59. The lowest BCUT2D eigenvalue weighted by atomic mass is 10.1. The molecule has 5 heteroatoms. The molecular formula is C19H19NO4. The van der Waals surface area contributed by atoms with Gasteiger partial charge in [-0.3, -0.25) is 4.79 Å². The number of benzene rings is 2. The van der Waals surface area contributed by atoms with Crippen LogP contribution in [0.4, 0.5) is 0 Å². The van der Waals surface area contributed by atoms with E-state index >= 15 is 0 Å². The molecule has 0 radical (unpaired) electrons. The average molecular weight is 325 g/mol. The molecule has 0 aliphatic carbocycles. The molecule has 0 bridgehead atoms. The second kappa shape index (κ2) is 7.64. The summed E-state index contributed by atoms with van der Waals surface area (Å²) in [6.07, 6.45) is 2.46. The van der Waals surface area contributed by atoms with Crippen molar-refractivity contribution >= 4 is 27.9 Å². The number of fused-ring (bicyclic) bond motifs is 2. The summed E-state index contributed by atoms with van der Waals surface area (Å²) in [7, 11) is 0. The van der Waals surface area contributed by atoms with Crippen LogP contribution in [0.5, 0.6) is 0 Å². The summed E-state index contributed by atoms with van der Waals surface area (Å²) in [5, 5.41) is 15.5. The van der Waals surface area contributed by atoms with Crippen LogP contribution in [-0.2, 0) is 9.63 Å². The van der Waals surface area contributed by atoms with Gasteiger partial charge in [-0.25, -0.2) is 0 Å². The Bertz CT molecular complexity index is 857. The Morgan fingerprint density at radius 1 is 0.958 bits per heavy atom. The van der Waals surface area contributed by atoms with E-state index in [1.165, 1.54) is 0 Å². The lowest BCUT2D eigenvalue weighted by Crippen LogP contribution is -2.06. The predicted molar refractivity (Wildman–Crippen MR) is 91.3 cm³/mol. The van der Waals surface area contributed by atoms with Gasteiger partial charge in [-0.2, -0.15) is 0 Å². The Morgan fingerprint density at radius 3 is 2.21 bits per heavy atom. The molecule has 1 aromatic heterocycles. The van der Waals surface area contributed by atoms with Gasteiger partial charge in [0.05, 0.1) is 0 Å². The third-order valence-electron chi connectivity index (χ3n) is 3.79. The number of rotatable bonds is 7. The highest BCUT2D eigenvalue weighted by Gasteiger charge is 2.05. The van der Waals surface area contributed by atoms with Crippen LogP contribution in [0, 0.1) is 0 Å². The number of carboxylic acids is 1. The highest BCUT2D eigenvalue weighted by atomic mass is 16.6. The third-order valence-corrected chi connectivity index (χ3v) is 3.79. The van der Waals surface area contributed by atoms with Crippen LogP contribution in [-0.4, -0.2) is 17.7 Å². The van der Waals surface area contributed by atoms with Crippen molar-refractivity contribution in [2.45, 2.75) is 25.7 Å². The third kappa shape index (κ3) is 3.74. The van der Waals surface area contributed by atoms with Gasteiger partial charge in [0.2, 0.25) is 0 Å². The molecule has 0 aliphatic heterocycles. The van der Waals surface area contributed by atoms with E-state index in [2.05, 4.69) is 5.16 Å². The summed E-state index contributed by atoms with van der Waals surface area (Å²) < 4.78 is 5.90. The van der Waals surface area contributed by atoms with Gasteiger partial charge in [-0.15, -0.1) is 0 Å². The Labute approximate surface area is 139 Å². The van der Waals surface area contributed by atoms with E-state index in [0.29, 0.717) is 13.0 Å². The van der Waals surface area contributed by atoms with Crippen LogP contribution < -0.4 is 5.36 Å². The second-order valence-electron chi connectivity index (χ2n) is 5.57. The van der Waals surface area contributed by atoms with Crippen LogP contribution in [0.2, 0.25) is 0 Å². The summed E-state index contributed by atoms with van der Waals surface area (Å²) >= 11 is 0. The molecule has 0 spiro atoms. The first-order valence-electron chi connectivity index (χ1n) is 8.04. The van der Waals surface area contributed by atoms with Crippen molar-refractivity contribution in [3.63, 3.8) is 0 Å². The van der Waals surface area contributed by atoms with Gasteiger partial charge < -0.3 is 14.4 Å². The highest BCUT2D eigenvalue weighted by Crippen LogP contribution is 2.18. The SMILES string of the molecule is O=C(O)CCCCCON=c1c2ccccc2oc2ccccc12. The Kier molecular flexibility index (Phi) is 5.11. The fourth-order valence-electron chi connectivity index (χ4n) is 2.59. The van der Waals surface area contributed by atoms with E-state index < -0.39 is 5.97 Å². The monoisotopic (exact) mass is 325 g/mol. The number of carboxylic acid groups (broad SMARTS) is 1. The van der Waals surface area contributed by atoms with Gasteiger partial charge >= 0.3 is 5.97 Å². The van der Waals surface area contributed by atoms with E-state index in [0.717, 1.165) is 40.1 Å². The van der Waals surface area contributed by atoms with Crippen LogP contribution in [0.25, 0.3) is 21.9 Å². The molecule has 0 amide bonds. The maximum absolute atomic E-state index is 10.5. The minimum Gasteiger partial charge on any atom is -0.481 e. The Morgan fingerprint density at radius 2 is 1.58 bits per heavy atom. The van der Waals surface area contributed by atoms with Gasteiger partial charge in [0, 0.05) is 17.2 Å². The van der Waals surface area contributed by atoms with Gasteiger partial charge in [-0.1, -0.05) is 29.4 Å². The number of para-hydroxylation sites is 2. The van der Waals surface area contributed by atoms with Gasteiger partial charge in [0.25, 0.3) is 0 Å². The highest BCUT2D eigenvalue weighted by molar-refractivity contribution is 5.89. The molecule has 0 atom stereocenters. The first-order chi connectivity index (χ1) is 11.8. The molecule has 1 N–H and O–H groups in total. The molecule has 0 saturated heterocycles. The molecule has 1 heterocycles.